The number of amides is 1. The molecule has 2 N–H and O–H groups in total. The molecule has 2 aromatic rings. The lowest BCUT2D eigenvalue weighted by atomic mass is 9.96. The number of phenolic OH excluding ortho intramolecular Hbond substituents is 2. The molecule has 0 saturated heterocycles. The molecule has 3 rings (SSSR count). The molecule has 1 heterocycles. The molecular weight excluding hydrogens is 290 g/mol. The van der Waals surface area contributed by atoms with E-state index in [-0.39, 0.29) is 23.3 Å². The van der Waals surface area contributed by atoms with Crippen molar-refractivity contribution in [2.24, 2.45) is 5.92 Å². The minimum Gasteiger partial charge on any atom is -0.504 e. The summed E-state index contributed by atoms with van der Waals surface area (Å²) in [5.74, 6) is -0.377. The van der Waals surface area contributed by atoms with E-state index < -0.39 is 0 Å². The maximum atomic E-state index is 12.8. The second-order valence-electron chi connectivity index (χ2n) is 6.15. The number of hydrogen-bond donors (Lipinski definition) is 2. The minimum atomic E-state index is -0.190. The van der Waals surface area contributed by atoms with Crippen molar-refractivity contribution in [1.29, 1.82) is 0 Å². The number of carbonyl (C=O) groups excluding carboxylic acids is 1. The second kappa shape index (κ2) is 6.32. The van der Waals surface area contributed by atoms with Crippen molar-refractivity contribution in [2.45, 2.75) is 26.2 Å². The second-order valence-corrected chi connectivity index (χ2v) is 6.15. The summed E-state index contributed by atoms with van der Waals surface area (Å²) >= 11 is 0. The number of phenols is 2. The van der Waals surface area contributed by atoms with Crippen LogP contribution in [0.1, 0.15) is 24.5 Å². The van der Waals surface area contributed by atoms with E-state index in [2.05, 4.69) is 6.07 Å². The normalized spacial score (nSPS) is 15.1. The molecule has 1 atom stereocenters. The fourth-order valence-electron chi connectivity index (χ4n) is 3.17. The molecule has 23 heavy (non-hydrogen) atoms. The van der Waals surface area contributed by atoms with E-state index >= 15 is 0 Å². The summed E-state index contributed by atoms with van der Waals surface area (Å²) < 4.78 is 0. The van der Waals surface area contributed by atoms with Crippen LogP contribution in [-0.2, 0) is 17.6 Å². The van der Waals surface area contributed by atoms with Gasteiger partial charge in [-0.1, -0.05) is 31.2 Å². The first-order valence-electron chi connectivity index (χ1n) is 7.96. The SMILES string of the molecule is CC(Cc1ccc(O)c(O)c1)C(=O)N1CCCc2ccccc21. The summed E-state index contributed by atoms with van der Waals surface area (Å²) in [7, 11) is 0. The molecular formula is C19H21NO3. The Labute approximate surface area is 136 Å². The van der Waals surface area contributed by atoms with E-state index in [0.717, 1.165) is 30.6 Å². The Morgan fingerprint density at radius 3 is 2.74 bits per heavy atom. The highest BCUT2D eigenvalue weighted by molar-refractivity contribution is 5.96. The lowest BCUT2D eigenvalue weighted by Gasteiger charge is -2.31. The highest BCUT2D eigenvalue weighted by Crippen LogP contribution is 2.30. The number of benzene rings is 2. The quantitative estimate of drug-likeness (QED) is 0.855. The monoisotopic (exact) mass is 311 g/mol. The number of para-hydroxylation sites is 1. The lowest BCUT2D eigenvalue weighted by molar-refractivity contribution is -0.122. The molecule has 0 bridgehead atoms. The van der Waals surface area contributed by atoms with Crippen LogP contribution in [0.5, 0.6) is 11.5 Å². The number of carbonyl (C=O) groups is 1. The lowest BCUT2D eigenvalue weighted by Crippen LogP contribution is -2.39. The maximum Gasteiger partial charge on any atom is 0.230 e. The standard InChI is InChI=1S/C19H21NO3/c1-13(11-14-8-9-17(21)18(22)12-14)19(23)20-10-4-6-15-5-2-3-7-16(15)20/h2-3,5,7-9,12-13,21-22H,4,6,10-11H2,1H3. The van der Waals surface area contributed by atoms with E-state index in [4.69, 9.17) is 0 Å². The van der Waals surface area contributed by atoms with Gasteiger partial charge in [-0.05, 0) is 48.6 Å². The summed E-state index contributed by atoms with van der Waals surface area (Å²) in [6.07, 6.45) is 2.53. The van der Waals surface area contributed by atoms with Crippen LogP contribution in [0.3, 0.4) is 0 Å². The van der Waals surface area contributed by atoms with Crippen LogP contribution in [0.25, 0.3) is 0 Å². The van der Waals surface area contributed by atoms with Crippen molar-refractivity contribution in [3.63, 3.8) is 0 Å². The van der Waals surface area contributed by atoms with Gasteiger partial charge in [-0.15, -0.1) is 0 Å². The Hall–Kier alpha value is -2.49. The molecule has 1 aliphatic heterocycles. The van der Waals surface area contributed by atoms with Gasteiger partial charge in [0, 0.05) is 18.2 Å². The molecule has 4 nitrogen and oxygen atoms in total. The van der Waals surface area contributed by atoms with Gasteiger partial charge in [-0.3, -0.25) is 4.79 Å². The summed E-state index contributed by atoms with van der Waals surface area (Å²) in [5, 5.41) is 19.0. The van der Waals surface area contributed by atoms with Gasteiger partial charge in [0.1, 0.15) is 0 Å². The van der Waals surface area contributed by atoms with Gasteiger partial charge in [0.25, 0.3) is 0 Å². The predicted octanol–water partition coefficient (Wildman–Crippen LogP) is 3.26. The summed E-state index contributed by atoms with van der Waals surface area (Å²) in [6.45, 7) is 2.66. The Kier molecular flexibility index (Phi) is 4.24. The number of fused-ring (bicyclic) bond motifs is 1. The molecule has 2 aromatic carbocycles. The van der Waals surface area contributed by atoms with Crippen LogP contribution < -0.4 is 4.90 Å². The van der Waals surface area contributed by atoms with Crippen LogP contribution >= 0.6 is 0 Å². The third-order valence-corrected chi connectivity index (χ3v) is 4.38. The molecule has 120 valence electrons. The summed E-state index contributed by atoms with van der Waals surface area (Å²) in [4.78, 5) is 14.7. The van der Waals surface area contributed by atoms with Gasteiger partial charge < -0.3 is 15.1 Å². The van der Waals surface area contributed by atoms with Crippen LogP contribution in [0.4, 0.5) is 5.69 Å². The highest BCUT2D eigenvalue weighted by atomic mass is 16.3. The van der Waals surface area contributed by atoms with E-state index in [1.807, 2.05) is 30.0 Å². The van der Waals surface area contributed by atoms with Gasteiger partial charge in [0.2, 0.25) is 5.91 Å². The summed E-state index contributed by atoms with van der Waals surface area (Å²) in [6, 6.07) is 12.8. The molecule has 0 spiro atoms. The Balaban J connectivity index is 1.76. The zero-order chi connectivity index (χ0) is 16.4. The van der Waals surface area contributed by atoms with Crippen molar-refractivity contribution in [2.75, 3.05) is 11.4 Å². The van der Waals surface area contributed by atoms with Crippen LogP contribution in [0.2, 0.25) is 0 Å². The van der Waals surface area contributed by atoms with Crippen molar-refractivity contribution in [1.82, 2.24) is 0 Å². The maximum absolute atomic E-state index is 12.8. The Morgan fingerprint density at radius 2 is 1.96 bits per heavy atom. The van der Waals surface area contributed by atoms with E-state index in [1.54, 1.807) is 6.07 Å². The third kappa shape index (κ3) is 3.16. The fraction of sp³-hybridized carbons (Fsp3) is 0.316. The molecule has 1 amide bonds. The number of anilines is 1. The number of nitrogens with zero attached hydrogens (tertiary/aromatic N) is 1. The van der Waals surface area contributed by atoms with Gasteiger partial charge in [-0.2, -0.15) is 0 Å². The van der Waals surface area contributed by atoms with Gasteiger partial charge in [0.05, 0.1) is 0 Å². The molecule has 1 aliphatic rings. The molecule has 1 unspecified atom stereocenters. The van der Waals surface area contributed by atoms with Crippen LogP contribution in [-0.4, -0.2) is 22.7 Å². The van der Waals surface area contributed by atoms with Crippen LogP contribution in [0.15, 0.2) is 42.5 Å². The number of aromatic hydroxyl groups is 2. The van der Waals surface area contributed by atoms with Crippen molar-refractivity contribution in [3.05, 3.63) is 53.6 Å². The first kappa shape index (κ1) is 15.4. The van der Waals surface area contributed by atoms with Gasteiger partial charge in [-0.25, -0.2) is 0 Å². The van der Waals surface area contributed by atoms with E-state index in [9.17, 15) is 15.0 Å². The predicted molar refractivity (Wildman–Crippen MR) is 89.8 cm³/mol. The summed E-state index contributed by atoms with van der Waals surface area (Å²) in [5.41, 5.74) is 3.08. The number of aryl methyl sites for hydroxylation is 1. The zero-order valence-electron chi connectivity index (χ0n) is 13.2. The molecule has 0 radical (unpaired) electrons. The topological polar surface area (TPSA) is 60.8 Å². The number of hydrogen-bond acceptors (Lipinski definition) is 3. The molecule has 0 aromatic heterocycles. The fourth-order valence-corrected chi connectivity index (χ4v) is 3.17. The highest BCUT2D eigenvalue weighted by Gasteiger charge is 2.26. The Bertz CT molecular complexity index is 726. The van der Waals surface area contributed by atoms with Crippen molar-refractivity contribution in [3.8, 4) is 11.5 Å². The first-order chi connectivity index (χ1) is 11.1. The minimum absolute atomic E-state index is 0.102. The van der Waals surface area contributed by atoms with Crippen LogP contribution in [0, 0.1) is 5.92 Å². The molecule has 0 aliphatic carbocycles. The average molecular weight is 311 g/mol. The average Bonchev–Trinajstić information content (AvgIpc) is 2.57. The van der Waals surface area contributed by atoms with E-state index in [0.29, 0.717) is 6.42 Å². The zero-order valence-corrected chi connectivity index (χ0v) is 13.2. The molecule has 4 heteroatoms. The largest absolute Gasteiger partial charge is 0.504 e. The van der Waals surface area contributed by atoms with E-state index in [1.165, 1.54) is 17.7 Å². The first-order valence-corrected chi connectivity index (χ1v) is 7.96. The molecule has 0 fully saturated rings. The molecule has 0 saturated carbocycles. The smallest absolute Gasteiger partial charge is 0.230 e. The van der Waals surface area contributed by atoms with Crippen molar-refractivity contribution >= 4 is 11.6 Å². The van der Waals surface area contributed by atoms with Crippen molar-refractivity contribution < 1.29 is 15.0 Å². The van der Waals surface area contributed by atoms with Gasteiger partial charge in [0.15, 0.2) is 11.5 Å². The third-order valence-electron chi connectivity index (χ3n) is 4.38. The van der Waals surface area contributed by atoms with Gasteiger partial charge >= 0.3 is 0 Å². The number of rotatable bonds is 3. The Morgan fingerprint density at radius 1 is 1.17 bits per heavy atom.